The molecule has 19 heavy (non-hydrogen) atoms. The molecule has 1 unspecified atom stereocenters. The van der Waals surface area contributed by atoms with E-state index in [0.717, 1.165) is 24.9 Å². The molecule has 0 saturated carbocycles. The predicted octanol–water partition coefficient (Wildman–Crippen LogP) is 1.71. The van der Waals surface area contributed by atoms with E-state index in [2.05, 4.69) is 5.32 Å². The van der Waals surface area contributed by atoms with Gasteiger partial charge in [0.05, 0.1) is 21.3 Å². The highest BCUT2D eigenvalue weighted by atomic mass is 16.5. The maximum absolute atomic E-state index is 6.19. The highest BCUT2D eigenvalue weighted by Crippen LogP contribution is 2.39. The van der Waals surface area contributed by atoms with E-state index in [1.54, 1.807) is 21.3 Å². The minimum atomic E-state index is -0.0398. The van der Waals surface area contributed by atoms with Crippen LogP contribution in [-0.4, -0.2) is 34.9 Å². The van der Waals surface area contributed by atoms with Crippen molar-refractivity contribution in [2.45, 2.75) is 18.9 Å². The van der Waals surface area contributed by atoms with Gasteiger partial charge in [-0.15, -0.1) is 0 Å². The Balaban J connectivity index is 2.95. The van der Waals surface area contributed by atoms with Gasteiger partial charge in [0.15, 0.2) is 11.5 Å². The summed E-state index contributed by atoms with van der Waals surface area (Å²) in [5.41, 5.74) is 7.19. The van der Waals surface area contributed by atoms with Gasteiger partial charge in [-0.1, -0.05) is 0 Å². The Morgan fingerprint density at radius 1 is 1.11 bits per heavy atom. The van der Waals surface area contributed by atoms with Crippen molar-refractivity contribution in [2.75, 3.05) is 34.9 Å². The highest BCUT2D eigenvalue weighted by Gasteiger charge is 2.16. The second kappa shape index (κ2) is 7.86. The van der Waals surface area contributed by atoms with Crippen molar-refractivity contribution in [2.24, 2.45) is 5.73 Å². The Hall–Kier alpha value is -1.46. The fraction of sp³-hybridized carbons (Fsp3) is 0.571. The van der Waals surface area contributed by atoms with Crippen LogP contribution in [0.3, 0.4) is 0 Å². The average molecular weight is 268 g/mol. The van der Waals surface area contributed by atoms with Crippen LogP contribution in [0.2, 0.25) is 0 Å². The molecule has 0 aliphatic carbocycles. The molecule has 0 aliphatic rings. The van der Waals surface area contributed by atoms with Crippen LogP contribution in [0.5, 0.6) is 17.2 Å². The van der Waals surface area contributed by atoms with Gasteiger partial charge >= 0.3 is 0 Å². The summed E-state index contributed by atoms with van der Waals surface area (Å²) in [6.07, 6.45) is 1.92. The number of nitrogens with two attached hydrogens (primary N) is 1. The molecule has 3 N–H and O–H groups in total. The highest BCUT2D eigenvalue weighted by molar-refractivity contribution is 5.54. The summed E-state index contributed by atoms with van der Waals surface area (Å²) >= 11 is 0. The third-order valence-corrected chi connectivity index (χ3v) is 3.06. The van der Waals surface area contributed by atoms with Gasteiger partial charge in [-0.25, -0.2) is 0 Å². The molecule has 1 rings (SSSR count). The Morgan fingerprint density at radius 3 is 2.11 bits per heavy atom. The normalized spacial score (nSPS) is 12.1. The molecule has 0 radical (unpaired) electrons. The standard InChI is InChI=1S/C14H24N2O3/c1-16-7-5-6-11(15)10-8-12(17-2)14(19-4)13(9-10)18-3/h8-9,11,16H,5-7,15H2,1-4H3. The van der Waals surface area contributed by atoms with E-state index in [4.69, 9.17) is 19.9 Å². The zero-order valence-electron chi connectivity index (χ0n) is 12.2. The van der Waals surface area contributed by atoms with Gasteiger partial charge in [-0.05, 0) is 44.1 Å². The quantitative estimate of drug-likeness (QED) is 0.703. The molecule has 5 nitrogen and oxygen atoms in total. The molecule has 1 aromatic carbocycles. The molecule has 0 aliphatic heterocycles. The van der Waals surface area contributed by atoms with Crippen LogP contribution in [0, 0.1) is 0 Å². The first-order chi connectivity index (χ1) is 9.17. The lowest BCUT2D eigenvalue weighted by atomic mass is 10.0. The first kappa shape index (κ1) is 15.6. The molecule has 0 fully saturated rings. The fourth-order valence-corrected chi connectivity index (χ4v) is 1.98. The lowest BCUT2D eigenvalue weighted by Crippen LogP contribution is -2.14. The monoisotopic (exact) mass is 268 g/mol. The summed E-state index contributed by atoms with van der Waals surface area (Å²) < 4.78 is 15.9. The number of ether oxygens (including phenoxy) is 3. The van der Waals surface area contributed by atoms with E-state index < -0.39 is 0 Å². The lowest BCUT2D eigenvalue weighted by Gasteiger charge is -2.17. The van der Waals surface area contributed by atoms with Crippen molar-refractivity contribution >= 4 is 0 Å². The second-order valence-electron chi connectivity index (χ2n) is 4.31. The molecular formula is C14H24N2O3. The number of rotatable bonds is 8. The molecule has 0 amide bonds. The van der Waals surface area contributed by atoms with Gasteiger partial charge in [0, 0.05) is 6.04 Å². The van der Waals surface area contributed by atoms with Crippen LogP contribution >= 0.6 is 0 Å². The number of hydrogen-bond donors (Lipinski definition) is 2. The zero-order chi connectivity index (χ0) is 14.3. The topological polar surface area (TPSA) is 65.7 Å². The van der Waals surface area contributed by atoms with Gasteiger partial charge in [0.2, 0.25) is 5.75 Å². The summed E-state index contributed by atoms with van der Waals surface area (Å²) in [6, 6.07) is 3.78. The molecule has 0 spiro atoms. The average Bonchev–Trinajstić information content (AvgIpc) is 2.45. The van der Waals surface area contributed by atoms with Crippen LogP contribution in [0.15, 0.2) is 12.1 Å². The van der Waals surface area contributed by atoms with Crippen LogP contribution in [0.4, 0.5) is 0 Å². The Kier molecular flexibility index (Phi) is 6.45. The molecule has 0 saturated heterocycles. The Labute approximate surface area is 115 Å². The minimum Gasteiger partial charge on any atom is -0.493 e. The zero-order valence-corrected chi connectivity index (χ0v) is 12.2. The van der Waals surface area contributed by atoms with Crippen LogP contribution in [0.1, 0.15) is 24.4 Å². The summed E-state index contributed by atoms with van der Waals surface area (Å²) in [7, 11) is 6.74. The third-order valence-electron chi connectivity index (χ3n) is 3.06. The van der Waals surface area contributed by atoms with Crippen molar-refractivity contribution in [3.8, 4) is 17.2 Å². The molecule has 108 valence electrons. The van der Waals surface area contributed by atoms with E-state index >= 15 is 0 Å². The van der Waals surface area contributed by atoms with E-state index in [1.165, 1.54) is 0 Å². The van der Waals surface area contributed by atoms with Gasteiger partial charge in [-0.3, -0.25) is 0 Å². The van der Waals surface area contributed by atoms with Crippen molar-refractivity contribution in [1.29, 1.82) is 0 Å². The minimum absolute atomic E-state index is 0.0398. The number of hydrogen-bond acceptors (Lipinski definition) is 5. The van der Waals surface area contributed by atoms with Crippen LogP contribution < -0.4 is 25.3 Å². The molecule has 1 atom stereocenters. The van der Waals surface area contributed by atoms with Gasteiger partial charge < -0.3 is 25.3 Å². The van der Waals surface area contributed by atoms with Crippen LogP contribution in [0.25, 0.3) is 0 Å². The smallest absolute Gasteiger partial charge is 0.203 e. The predicted molar refractivity (Wildman–Crippen MR) is 76.2 cm³/mol. The van der Waals surface area contributed by atoms with Crippen LogP contribution in [-0.2, 0) is 0 Å². The first-order valence-corrected chi connectivity index (χ1v) is 6.38. The van der Waals surface area contributed by atoms with E-state index in [0.29, 0.717) is 17.2 Å². The SMILES string of the molecule is CNCCCC(N)c1cc(OC)c(OC)c(OC)c1. The van der Waals surface area contributed by atoms with Crippen molar-refractivity contribution in [3.05, 3.63) is 17.7 Å². The third kappa shape index (κ3) is 4.01. The first-order valence-electron chi connectivity index (χ1n) is 6.38. The summed E-state index contributed by atoms with van der Waals surface area (Å²) in [6.45, 7) is 0.956. The summed E-state index contributed by atoms with van der Waals surface area (Å²) in [5, 5.41) is 3.11. The lowest BCUT2D eigenvalue weighted by molar-refractivity contribution is 0.323. The van der Waals surface area contributed by atoms with Crippen molar-refractivity contribution in [3.63, 3.8) is 0 Å². The van der Waals surface area contributed by atoms with E-state index in [-0.39, 0.29) is 6.04 Å². The van der Waals surface area contributed by atoms with E-state index in [9.17, 15) is 0 Å². The fourth-order valence-electron chi connectivity index (χ4n) is 1.98. The number of methoxy groups -OCH3 is 3. The van der Waals surface area contributed by atoms with Crippen molar-refractivity contribution in [1.82, 2.24) is 5.32 Å². The summed E-state index contributed by atoms with van der Waals surface area (Å²) in [5.74, 6) is 1.87. The molecule has 5 heteroatoms. The maximum Gasteiger partial charge on any atom is 0.203 e. The second-order valence-corrected chi connectivity index (χ2v) is 4.31. The number of nitrogens with one attached hydrogen (secondary N) is 1. The molecule has 0 heterocycles. The Morgan fingerprint density at radius 2 is 1.68 bits per heavy atom. The Bertz CT molecular complexity index is 371. The maximum atomic E-state index is 6.19. The molecular weight excluding hydrogens is 244 g/mol. The summed E-state index contributed by atoms with van der Waals surface area (Å²) in [4.78, 5) is 0. The number of benzene rings is 1. The van der Waals surface area contributed by atoms with Gasteiger partial charge in [0.1, 0.15) is 0 Å². The van der Waals surface area contributed by atoms with Gasteiger partial charge in [0.25, 0.3) is 0 Å². The largest absolute Gasteiger partial charge is 0.493 e. The molecule has 0 bridgehead atoms. The van der Waals surface area contributed by atoms with Crippen molar-refractivity contribution < 1.29 is 14.2 Å². The molecule has 1 aromatic rings. The molecule has 0 aromatic heterocycles. The van der Waals surface area contributed by atoms with E-state index in [1.807, 2.05) is 19.2 Å². The van der Waals surface area contributed by atoms with Gasteiger partial charge in [-0.2, -0.15) is 0 Å².